The monoisotopic (exact) mass is 385 g/mol. The number of aromatic nitrogens is 2. The molecule has 4 nitrogen and oxygen atoms in total. The molecular formula is C20H17Cl2N3O. The average molecular weight is 386 g/mol. The number of likely N-dealkylation sites (N-methyl/N-ethyl adjacent to an activating group) is 1. The number of para-hydroxylation sites is 1. The van der Waals surface area contributed by atoms with Crippen molar-refractivity contribution in [3.8, 4) is 5.69 Å². The molecule has 0 spiro atoms. The third-order valence-electron chi connectivity index (χ3n) is 3.84. The summed E-state index contributed by atoms with van der Waals surface area (Å²) < 4.78 is 1.77. The van der Waals surface area contributed by atoms with E-state index in [1.54, 1.807) is 41.0 Å². The highest BCUT2D eigenvalue weighted by molar-refractivity contribution is 6.35. The van der Waals surface area contributed by atoms with Crippen LogP contribution in [0.5, 0.6) is 0 Å². The van der Waals surface area contributed by atoms with Crippen molar-refractivity contribution in [1.29, 1.82) is 0 Å². The quantitative estimate of drug-likeness (QED) is 0.588. The molecule has 0 aliphatic carbocycles. The minimum absolute atomic E-state index is 0.122. The van der Waals surface area contributed by atoms with Crippen molar-refractivity contribution in [1.82, 2.24) is 14.7 Å². The molecule has 0 unspecified atom stereocenters. The second-order valence-corrected chi connectivity index (χ2v) is 6.66. The Kier molecular flexibility index (Phi) is 5.76. The van der Waals surface area contributed by atoms with E-state index in [9.17, 15) is 4.79 Å². The Morgan fingerprint density at radius 1 is 1.19 bits per heavy atom. The van der Waals surface area contributed by atoms with Crippen molar-refractivity contribution in [3.05, 3.63) is 88.2 Å². The van der Waals surface area contributed by atoms with E-state index in [1.807, 2.05) is 42.6 Å². The van der Waals surface area contributed by atoms with Crippen LogP contribution >= 0.6 is 23.2 Å². The van der Waals surface area contributed by atoms with E-state index < -0.39 is 0 Å². The highest BCUT2D eigenvalue weighted by Gasteiger charge is 2.09. The van der Waals surface area contributed by atoms with Crippen LogP contribution < -0.4 is 0 Å². The fourth-order valence-corrected chi connectivity index (χ4v) is 2.89. The van der Waals surface area contributed by atoms with Gasteiger partial charge in [-0.25, -0.2) is 4.68 Å². The zero-order chi connectivity index (χ0) is 18.5. The first-order chi connectivity index (χ1) is 12.5. The predicted molar refractivity (Wildman–Crippen MR) is 106 cm³/mol. The Labute approximate surface area is 162 Å². The number of benzene rings is 2. The molecule has 6 heteroatoms. The van der Waals surface area contributed by atoms with Gasteiger partial charge in [0.1, 0.15) is 0 Å². The van der Waals surface area contributed by atoms with Gasteiger partial charge in [-0.2, -0.15) is 5.10 Å². The zero-order valence-corrected chi connectivity index (χ0v) is 15.7. The van der Waals surface area contributed by atoms with Crippen LogP contribution in [0.15, 0.2) is 67.0 Å². The highest BCUT2D eigenvalue weighted by Crippen LogP contribution is 2.22. The fourth-order valence-electron chi connectivity index (χ4n) is 2.42. The number of hydrogen-bond acceptors (Lipinski definition) is 2. The molecule has 26 heavy (non-hydrogen) atoms. The van der Waals surface area contributed by atoms with Crippen LogP contribution in [-0.4, -0.2) is 27.6 Å². The molecule has 0 aliphatic rings. The third kappa shape index (κ3) is 4.54. The number of halogens is 2. The summed E-state index contributed by atoms with van der Waals surface area (Å²) in [7, 11) is 1.73. The summed E-state index contributed by atoms with van der Waals surface area (Å²) in [5.74, 6) is -0.122. The van der Waals surface area contributed by atoms with Gasteiger partial charge < -0.3 is 4.90 Å². The van der Waals surface area contributed by atoms with Crippen molar-refractivity contribution >= 4 is 35.2 Å². The number of nitrogens with zero attached hydrogens (tertiary/aromatic N) is 3. The Morgan fingerprint density at radius 3 is 2.69 bits per heavy atom. The predicted octanol–water partition coefficient (Wildman–Crippen LogP) is 4.85. The normalized spacial score (nSPS) is 11.0. The summed E-state index contributed by atoms with van der Waals surface area (Å²) in [4.78, 5) is 13.9. The van der Waals surface area contributed by atoms with E-state index in [-0.39, 0.29) is 5.91 Å². The smallest absolute Gasteiger partial charge is 0.246 e. The lowest BCUT2D eigenvalue weighted by molar-refractivity contribution is -0.125. The van der Waals surface area contributed by atoms with Gasteiger partial charge in [0.05, 0.1) is 11.9 Å². The third-order valence-corrected chi connectivity index (χ3v) is 4.43. The number of rotatable bonds is 5. The first kappa shape index (κ1) is 18.2. The van der Waals surface area contributed by atoms with E-state index in [0.29, 0.717) is 16.6 Å². The second kappa shape index (κ2) is 8.21. The van der Waals surface area contributed by atoms with Crippen molar-refractivity contribution in [2.75, 3.05) is 7.05 Å². The lowest BCUT2D eigenvalue weighted by atomic mass is 10.2. The van der Waals surface area contributed by atoms with Gasteiger partial charge in [-0.05, 0) is 35.9 Å². The molecule has 0 saturated heterocycles. The number of amides is 1. The van der Waals surface area contributed by atoms with E-state index in [2.05, 4.69) is 5.10 Å². The van der Waals surface area contributed by atoms with Crippen LogP contribution in [0.1, 0.15) is 11.1 Å². The minimum Gasteiger partial charge on any atom is -0.338 e. The maximum absolute atomic E-state index is 12.3. The molecule has 0 bridgehead atoms. The van der Waals surface area contributed by atoms with E-state index >= 15 is 0 Å². The summed E-state index contributed by atoms with van der Waals surface area (Å²) >= 11 is 12.1. The first-order valence-electron chi connectivity index (χ1n) is 8.00. The van der Waals surface area contributed by atoms with E-state index in [4.69, 9.17) is 23.2 Å². The van der Waals surface area contributed by atoms with Crippen LogP contribution in [0.4, 0.5) is 0 Å². The Balaban J connectivity index is 1.64. The minimum atomic E-state index is -0.122. The SMILES string of the molecule is CN(Cc1ccc(Cl)cc1Cl)C(=O)/C=C/c1cnn(-c2ccccc2)c1. The molecular weight excluding hydrogens is 369 g/mol. The molecule has 0 N–H and O–H groups in total. The summed E-state index contributed by atoms with van der Waals surface area (Å²) in [6, 6.07) is 15.0. The van der Waals surface area contributed by atoms with Gasteiger partial charge in [0, 0.05) is 41.5 Å². The lowest BCUT2D eigenvalue weighted by Crippen LogP contribution is -2.24. The molecule has 2 aromatic carbocycles. The average Bonchev–Trinajstić information content (AvgIpc) is 3.11. The van der Waals surface area contributed by atoms with Crippen LogP contribution in [0.25, 0.3) is 11.8 Å². The van der Waals surface area contributed by atoms with Crippen molar-refractivity contribution in [3.63, 3.8) is 0 Å². The van der Waals surface area contributed by atoms with Crippen LogP contribution in [-0.2, 0) is 11.3 Å². The largest absolute Gasteiger partial charge is 0.338 e. The van der Waals surface area contributed by atoms with Crippen molar-refractivity contribution in [2.45, 2.75) is 6.54 Å². The zero-order valence-electron chi connectivity index (χ0n) is 14.1. The molecule has 1 amide bonds. The molecule has 0 atom stereocenters. The summed E-state index contributed by atoms with van der Waals surface area (Å²) in [5, 5.41) is 5.43. The van der Waals surface area contributed by atoms with E-state index in [1.165, 1.54) is 6.08 Å². The Hall–Kier alpha value is -2.56. The highest BCUT2D eigenvalue weighted by atomic mass is 35.5. The topological polar surface area (TPSA) is 38.1 Å². The fraction of sp³-hybridized carbons (Fsp3) is 0.100. The molecule has 0 saturated carbocycles. The summed E-state index contributed by atoms with van der Waals surface area (Å²) in [5.41, 5.74) is 2.66. The van der Waals surface area contributed by atoms with Gasteiger partial charge in [-0.15, -0.1) is 0 Å². The Bertz CT molecular complexity index is 935. The van der Waals surface area contributed by atoms with Gasteiger partial charge >= 0.3 is 0 Å². The maximum atomic E-state index is 12.3. The molecule has 0 fully saturated rings. The van der Waals surface area contributed by atoms with Crippen LogP contribution in [0.3, 0.4) is 0 Å². The molecule has 1 aromatic heterocycles. The Morgan fingerprint density at radius 2 is 1.96 bits per heavy atom. The van der Waals surface area contributed by atoms with Crippen LogP contribution in [0.2, 0.25) is 10.0 Å². The van der Waals surface area contributed by atoms with Gasteiger partial charge in [0.15, 0.2) is 0 Å². The number of carbonyl (C=O) groups is 1. The molecule has 3 aromatic rings. The standard InChI is InChI=1S/C20H17Cl2N3O/c1-24(14-16-8-9-17(21)11-19(16)22)20(26)10-7-15-12-23-25(13-15)18-5-3-2-4-6-18/h2-13H,14H2,1H3/b10-7+. The molecule has 0 radical (unpaired) electrons. The molecule has 3 rings (SSSR count). The van der Waals surface area contributed by atoms with Gasteiger partial charge in [-0.1, -0.05) is 47.5 Å². The second-order valence-electron chi connectivity index (χ2n) is 5.82. The maximum Gasteiger partial charge on any atom is 0.246 e. The lowest BCUT2D eigenvalue weighted by Gasteiger charge is -2.16. The number of hydrogen-bond donors (Lipinski definition) is 0. The van der Waals surface area contributed by atoms with Crippen molar-refractivity contribution < 1.29 is 4.79 Å². The van der Waals surface area contributed by atoms with E-state index in [0.717, 1.165) is 16.8 Å². The first-order valence-corrected chi connectivity index (χ1v) is 8.76. The molecule has 0 aliphatic heterocycles. The van der Waals surface area contributed by atoms with Crippen LogP contribution in [0, 0.1) is 0 Å². The molecule has 1 heterocycles. The number of carbonyl (C=O) groups excluding carboxylic acids is 1. The van der Waals surface area contributed by atoms with Crippen molar-refractivity contribution in [2.24, 2.45) is 0 Å². The van der Waals surface area contributed by atoms with Gasteiger partial charge in [0.2, 0.25) is 5.91 Å². The molecule has 132 valence electrons. The summed E-state index contributed by atoms with van der Waals surface area (Å²) in [6.07, 6.45) is 6.85. The van der Waals surface area contributed by atoms with Gasteiger partial charge in [0.25, 0.3) is 0 Å². The van der Waals surface area contributed by atoms with Gasteiger partial charge in [-0.3, -0.25) is 4.79 Å². The summed E-state index contributed by atoms with van der Waals surface area (Å²) in [6.45, 7) is 0.405.